The molecule has 0 unspecified atom stereocenters. The summed E-state index contributed by atoms with van der Waals surface area (Å²) in [4.78, 5) is 0. The molecular weight excluding hydrogens is 258 g/mol. The molecule has 0 atom stereocenters. The molecule has 0 N–H and O–H groups in total. The van der Waals surface area contributed by atoms with Crippen molar-refractivity contribution >= 4 is 11.6 Å². The SMILES string of the molecule is CCCc1nn(-c2ccc(C)cc2C)c(Cl)c1C#N. The number of rotatable bonds is 3. The van der Waals surface area contributed by atoms with Gasteiger partial charge in [-0.3, -0.25) is 0 Å². The zero-order valence-corrected chi connectivity index (χ0v) is 12.1. The first-order valence-corrected chi connectivity index (χ1v) is 6.71. The van der Waals surface area contributed by atoms with E-state index in [9.17, 15) is 5.26 Å². The van der Waals surface area contributed by atoms with Crippen molar-refractivity contribution in [2.24, 2.45) is 0 Å². The zero-order chi connectivity index (χ0) is 14.0. The molecule has 0 radical (unpaired) electrons. The molecule has 0 aliphatic heterocycles. The first-order valence-electron chi connectivity index (χ1n) is 6.33. The highest BCUT2D eigenvalue weighted by molar-refractivity contribution is 6.31. The fourth-order valence-corrected chi connectivity index (χ4v) is 2.44. The van der Waals surface area contributed by atoms with Crippen LogP contribution in [-0.4, -0.2) is 9.78 Å². The Labute approximate surface area is 118 Å². The van der Waals surface area contributed by atoms with Gasteiger partial charge in [-0.05, 0) is 31.9 Å². The van der Waals surface area contributed by atoms with E-state index in [1.54, 1.807) is 4.68 Å². The summed E-state index contributed by atoms with van der Waals surface area (Å²) in [6.45, 7) is 6.13. The minimum atomic E-state index is 0.401. The van der Waals surface area contributed by atoms with Crippen LogP contribution in [0.1, 0.15) is 35.7 Å². The predicted molar refractivity (Wildman–Crippen MR) is 76.8 cm³/mol. The van der Waals surface area contributed by atoms with Crippen LogP contribution in [0.25, 0.3) is 5.69 Å². The number of hydrogen-bond donors (Lipinski definition) is 0. The molecule has 0 saturated carbocycles. The summed E-state index contributed by atoms with van der Waals surface area (Å²) in [5.74, 6) is 0. The van der Waals surface area contributed by atoms with E-state index in [4.69, 9.17) is 11.6 Å². The van der Waals surface area contributed by atoms with E-state index in [1.165, 1.54) is 5.56 Å². The number of aryl methyl sites for hydroxylation is 3. The van der Waals surface area contributed by atoms with Crippen molar-refractivity contribution in [3.63, 3.8) is 0 Å². The number of nitrogens with zero attached hydrogens (tertiary/aromatic N) is 3. The van der Waals surface area contributed by atoms with Crippen LogP contribution in [0.2, 0.25) is 5.15 Å². The van der Waals surface area contributed by atoms with Gasteiger partial charge in [0.05, 0.1) is 11.4 Å². The number of hydrogen-bond acceptors (Lipinski definition) is 2. The fraction of sp³-hybridized carbons (Fsp3) is 0.333. The molecule has 0 aliphatic carbocycles. The molecule has 1 aromatic heterocycles. The zero-order valence-electron chi connectivity index (χ0n) is 11.4. The molecule has 98 valence electrons. The van der Waals surface area contributed by atoms with Gasteiger partial charge < -0.3 is 0 Å². The third-order valence-electron chi connectivity index (χ3n) is 3.08. The molecule has 0 aliphatic rings. The minimum Gasteiger partial charge on any atom is -0.220 e. The highest BCUT2D eigenvalue weighted by atomic mass is 35.5. The molecule has 0 amide bonds. The summed E-state index contributed by atoms with van der Waals surface area (Å²) in [5, 5.41) is 14.1. The normalized spacial score (nSPS) is 10.5. The first-order chi connectivity index (χ1) is 9.08. The predicted octanol–water partition coefficient (Wildman–Crippen LogP) is 3.97. The van der Waals surface area contributed by atoms with Crippen molar-refractivity contribution in [2.75, 3.05) is 0 Å². The number of aromatic nitrogens is 2. The van der Waals surface area contributed by atoms with E-state index in [0.717, 1.165) is 29.8 Å². The lowest BCUT2D eigenvalue weighted by molar-refractivity contribution is 0.803. The van der Waals surface area contributed by atoms with Gasteiger partial charge in [0.1, 0.15) is 11.6 Å². The van der Waals surface area contributed by atoms with Crippen LogP contribution in [0.15, 0.2) is 18.2 Å². The van der Waals surface area contributed by atoms with Gasteiger partial charge >= 0.3 is 0 Å². The molecule has 19 heavy (non-hydrogen) atoms. The number of halogens is 1. The van der Waals surface area contributed by atoms with Crippen molar-refractivity contribution in [1.82, 2.24) is 9.78 Å². The quantitative estimate of drug-likeness (QED) is 0.849. The molecule has 2 rings (SSSR count). The van der Waals surface area contributed by atoms with Crippen LogP contribution in [0, 0.1) is 25.2 Å². The van der Waals surface area contributed by atoms with Gasteiger partial charge in [-0.15, -0.1) is 0 Å². The van der Waals surface area contributed by atoms with E-state index in [1.807, 2.05) is 26.0 Å². The van der Waals surface area contributed by atoms with Crippen LogP contribution in [0.3, 0.4) is 0 Å². The van der Waals surface area contributed by atoms with E-state index in [0.29, 0.717) is 10.7 Å². The highest BCUT2D eigenvalue weighted by Gasteiger charge is 2.17. The van der Waals surface area contributed by atoms with Gasteiger partial charge in [0.25, 0.3) is 0 Å². The summed E-state index contributed by atoms with van der Waals surface area (Å²) in [6, 6.07) is 8.24. The van der Waals surface area contributed by atoms with Crippen molar-refractivity contribution in [2.45, 2.75) is 33.6 Å². The number of nitriles is 1. The fourth-order valence-electron chi connectivity index (χ4n) is 2.16. The van der Waals surface area contributed by atoms with Crippen LogP contribution in [-0.2, 0) is 6.42 Å². The van der Waals surface area contributed by atoms with E-state index in [2.05, 4.69) is 24.2 Å². The third-order valence-corrected chi connectivity index (χ3v) is 3.43. The molecule has 0 spiro atoms. The van der Waals surface area contributed by atoms with Crippen LogP contribution < -0.4 is 0 Å². The summed E-state index contributed by atoms with van der Waals surface area (Å²) in [6.07, 6.45) is 1.70. The Morgan fingerprint density at radius 3 is 2.68 bits per heavy atom. The smallest absolute Gasteiger partial charge is 0.150 e. The largest absolute Gasteiger partial charge is 0.220 e. The van der Waals surface area contributed by atoms with Gasteiger partial charge in [-0.25, -0.2) is 4.68 Å². The molecule has 1 heterocycles. The molecule has 0 fully saturated rings. The molecule has 4 heteroatoms. The van der Waals surface area contributed by atoms with Crippen molar-refractivity contribution in [1.29, 1.82) is 5.26 Å². The van der Waals surface area contributed by atoms with Gasteiger partial charge in [-0.2, -0.15) is 10.4 Å². The molecule has 1 aromatic carbocycles. The second kappa shape index (κ2) is 5.46. The second-order valence-electron chi connectivity index (χ2n) is 4.68. The summed E-state index contributed by atoms with van der Waals surface area (Å²) in [7, 11) is 0. The summed E-state index contributed by atoms with van der Waals surface area (Å²) >= 11 is 6.29. The Morgan fingerprint density at radius 1 is 1.37 bits per heavy atom. The van der Waals surface area contributed by atoms with E-state index < -0.39 is 0 Å². The summed E-state index contributed by atoms with van der Waals surface area (Å²) < 4.78 is 1.67. The number of benzene rings is 1. The molecule has 0 saturated heterocycles. The molecular formula is C15H16ClN3. The van der Waals surface area contributed by atoms with Crippen molar-refractivity contribution in [3.8, 4) is 11.8 Å². The Hall–Kier alpha value is -1.79. The Bertz CT molecular complexity index is 650. The van der Waals surface area contributed by atoms with Gasteiger partial charge in [0.15, 0.2) is 5.15 Å². The second-order valence-corrected chi connectivity index (χ2v) is 5.03. The Morgan fingerprint density at radius 2 is 2.11 bits per heavy atom. The van der Waals surface area contributed by atoms with Crippen molar-refractivity contribution in [3.05, 3.63) is 45.7 Å². The third kappa shape index (κ3) is 2.50. The lowest BCUT2D eigenvalue weighted by Gasteiger charge is -2.07. The van der Waals surface area contributed by atoms with Crippen LogP contribution >= 0.6 is 11.6 Å². The van der Waals surface area contributed by atoms with Crippen LogP contribution in [0.5, 0.6) is 0 Å². The summed E-state index contributed by atoms with van der Waals surface area (Å²) in [5.41, 5.74) is 4.48. The maximum atomic E-state index is 9.21. The minimum absolute atomic E-state index is 0.401. The standard InChI is InChI=1S/C15H16ClN3/c1-4-5-13-12(9-17)15(16)19(18-13)14-7-6-10(2)8-11(14)3/h6-8H,4-5H2,1-3H3. The molecule has 3 nitrogen and oxygen atoms in total. The van der Waals surface area contributed by atoms with E-state index >= 15 is 0 Å². The molecule has 0 bridgehead atoms. The van der Waals surface area contributed by atoms with Crippen molar-refractivity contribution < 1.29 is 0 Å². The highest BCUT2D eigenvalue weighted by Crippen LogP contribution is 2.26. The lowest BCUT2D eigenvalue weighted by Crippen LogP contribution is -2.00. The van der Waals surface area contributed by atoms with Gasteiger partial charge in [0, 0.05) is 0 Å². The Kier molecular flexibility index (Phi) is 3.92. The monoisotopic (exact) mass is 273 g/mol. The maximum Gasteiger partial charge on any atom is 0.150 e. The van der Waals surface area contributed by atoms with Gasteiger partial charge in [0.2, 0.25) is 0 Å². The average molecular weight is 274 g/mol. The van der Waals surface area contributed by atoms with Gasteiger partial charge in [-0.1, -0.05) is 42.6 Å². The lowest BCUT2D eigenvalue weighted by atomic mass is 10.1. The van der Waals surface area contributed by atoms with Crippen LogP contribution in [0.4, 0.5) is 0 Å². The maximum absolute atomic E-state index is 9.21. The molecule has 2 aromatic rings. The van der Waals surface area contributed by atoms with E-state index in [-0.39, 0.29) is 0 Å². The topological polar surface area (TPSA) is 41.6 Å². The Balaban J connectivity index is 2.60. The first kappa shape index (κ1) is 13.6. The average Bonchev–Trinajstić information content (AvgIpc) is 2.66.